The predicted molar refractivity (Wildman–Crippen MR) is 82.5 cm³/mol. The maximum atomic E-state index is 6.32. The molecule has 19 heavy (non-hydrogen) atoms. The van der Waals surface area contributed by atoms with Crippen molar-refractivity contribution in [2.45, 2.75) is 26.3 Å². The molecule has 0 saturated heterocycles. The van der Waals surface area contributed by atoms with Crippen LogP contribution < -0.4 is 5.73 Å². The van der Waals surface area contributed by atoms with Gasteiger partial charge in [-0.1, -0.05) is 29.8 Å². The van der Waals surface area contributed by atoms with E-state index in [1.807, 2.05) is 43.8 Å². The standard InChI is InChI=1S/C14H17BrClN3/c1-8-5-4-6-10(14(8)16)11(17)7-12-13(15)9(2)18-19(12)3/h4-6,11H,7,17H2,1-3H3. The molecule has 0 radical (unpaired) electrons. The first kappa shape index (κ1) is 14.6. The Morgan fingerprint density at radius 2 is 2.11 bits per heavy atom. The van der Waals surface area contributed by atoms with Crippen molar-refractivity contribution < 1.29 is 0 Å². The Bertz CT molecular complexity index is 607. The fraction of sp³-hybridized carbons (Fsp3) is 0.357. The van der Waals surface area contributed by atoms with Crippen LogP contribution in [-0.2, 0) is 13.5 Å². The Morgan fingerprint density at radius 3 is 2.68 bits per heavy atom. The van der Waals surface area contributed by atoms with Crippen LogP contribution in [0.3, 0.4) is 0 Å². The lowest BCUT2D eigenvalue weighted by Gasteiger charge is -2.15. The third-order valence-corrected chi connectivity index (χ3v) is 4.84. The summed E-state index contributed by atoms with van der Waals surface area (Å²) in [4.78, 5) is 0. The van der Waals surface area contributed by atoms with E-state index in [0.717, 1.165) is 32.0 Å². The third-order valence-electron chi connectivity index (χ3n) is 3.30. The number of halogens is 2. The second-order valence-electron chi connectivity index (χ2n) is 4.76. The Morgan fingerprint density at radius 1 is 1.42 bits per heavy atom. The smallest absolute Gasteiger partial charge is 0.0738 e. The zero-order chi connectivity index (χ0) is 14.2. The van der Waals surface area contributed by atoms with Crippen molar-refractivity contribution in [2.24, 2.45) is 12.8 Å². The molecule has 0 saturated carbocycles. The highest BCUT2D eigenvalue weighted by Crippen LogP contribution is 2.29. The summed E-state index contributed by atoms with van der Waals surface area (Å²) in [5, 5.41) is 5.13. The van der Waals surface area contributed by atoms with Gasteiger partial charge >= 0.3 is 0 Å². The van der Waals surface area contributed by atoms with Crippen molar-refractivity contribution in [1.29, 1.82) is 0 Å². The lowest BCUT2D eigenvalue weighted by atomic mass is 10.0. The van der Waals surface area contributed by atoms with Crippen LogP contribution in [0, 0.1) is 13.8 Å². The molecule has 1 heterocycles. The van der Waals surface area contributed by atoms with Crippen LogP contribution in [-0.4, -0.2) is 9.78 Å². The summed E-state index contributed by atoms with van der Waals surface area (Å²) in [5.74, 6) is 0. The lowest BCUT2D eigenvalue weighted by Crippen LogP contribution is -2.16. The van der Waals surface area contributed by atoms with E-state index >= 15 is 0 Å². The van der Waals surface area contributed by atoms with E-state index in [-0.39, 0.29) is 6.04 Å². The normalized spacial score (nSPS) is 12.7. The Balaban J connectivity index is 2.31. The first-order chi connectivity index (χ1) is 8.91. The van der Waals surface area contributed by atoms with E-state index in [0.29, 0.717) is 6.42 Å². The molecular formula is C14H17BrClN3. The van der Waals surface area contributed by atoms with Crippen molar-refractivity contribution in [3.8, 4) is 0 Å². The van der Waals surface area contributed by atoms with E-state index in [1.54, 1.807) is 0 Å². The Hall–Kier alpha value is -0.840. The van der Waals surface area contributed by atoms with Crippen LogP contribution >= 0.6 is 27.5 Å². The number of nitrogens with two attached hydrogens (primary N) is 1. The van der Waals surface area contributed by atoms with Gasteiger partial charge in [-0.2, -0.15) is 5.10 Å². The maximum Gasteiger partial charge on any atom is 0.0738 e. The van der Waals surface area contributed by atoms with Crippen LogP contribution in [0.15, 0.2) is 22.7 Å². The number of hydrogen-bond donors (Lipinski definition) is 1. The fourth-order valence-electron chi connectivity index (χ4n) is 2.18. The summed E-state index contributed by atoms with van der Waals surface area (Å²) in [5.41, 5.74) is 10.4. The molecule has 0 spiro atoms. The number of rotatable bonds is 3. The van der Waals surface area contributed by atoms with Crippen LogP contribution in [0.25, 0.3) is 0 Å². The molecule has 102 valence electrons. The van der Waals surface area contributed by atoms with Gasteiger partial charge in [0, 0.05) is 24.5 Å². The van der Waals surface area contributed by atoms with E-state index in [4.69, 9.17) is 17.3 Å². The molecule has 2 rings (SSSR count). The van der Waals surface area contributed by atoms with Gasteiger partial charge in [0.05, 0.1) is 15.9 Å². The largest absolute Gasteiger partial charge is 0.324 e. The summed E-state index contributed by atoms with van der Waals surface area (Å²) in [6.07, 6.45) is 0.696. The lowest BCUT2D eigenvalue weighted by molar-refractivity contribution is 0.638. The Labute approximate surface area is 126 Å². The number of hydrogen-bond acceptors (Lipinski definition) is 2. The minimum Gasteiger partial charge on any atom is -0.324 e. The first-order valence-corrected chi connectivity index (χ1v) is 7.27. The SMILES string of the molecule is Cc1cccc(C(N)Cc2c(Br)c(C)nn2C)c1Cl. The van der Waals surface area contributed by atoms with Gasteiger partial charge in [-0.3, -0.25) is 4.68 Å². The Kier molecular flexibility index (Phi) is 4.33. The molecule has 0 fully saturated rings. The van der Waals surface area contributed by atoms with Gasteiger partial charge in [-0.15, -0.1) is 0 Å². The minimum absolute atomic E-state index is 0.140. The van der Waals surface area contributed by atoms with E-state index in [1.165, 1.54) is 0 Å². The summed E-state index contributed by atoms with van der Waals surface area (Å²) >= 11 is 9.89. The van der Waals surface area contributed by atoms with Crippen LogP contribution in [0.2, 0.25) is 5.02 Å². The third kappa shape index (κ3) is 2.86. The van der Waals surface area contributed by atoms with Gasteiger partial charge in [-0.05, 0) is 40.9 Å². The summed E-state index contributed by atoms with van der Waals surface area (Å²) < 4.78 is 2.89. The van der Waals surface area contributed by atoms with Crippen LogP contribution in [0.1, 0.15) is 28.6 Å². The van der Waals surface area contributed by atoms with Crippen molar-refractivity contribution >= 4 is 27.5 Å². The molecule has 2 aromatic rings. The highest BCUT2D eigenvalue weighted by Gasteiger charge is 2.17. The van der Waals surface area contributed by atoms with E-state index in [9.17, 15) is 0 Å². The van der Waals surface area contributed by atoms with Crippen LogP contribution in [0.4, 0.5) is 0 Å². The van der Waals surface area contributed by atoms with Gasteiger partial charge in [0.1, 0.15) is 0 Å². The van der Waals surface area contributed by atoms with Crippen LogP contribution in [0.5, 0.6) is 0 Å². The van der Waals surface area contributed by atoms with Crippen molar-refractivity contribution in [3.05, 3.63) is 50.2 Å². The molecule has 3 nitrogen and oxygen atoms in total. The van der Waals surface area contributed by atoms with Crippen molar-refractivity contribution in [3.63, 3.8) is 0 Å². The number of aromatic nitrogens is 2. The molecule has 0 bridgehead atoms. The molecule has 0 amide bonds. The van der Waals surface area contributed by atoms with Gasteiger partial charge in [0.15, 0.2) is 0 Å². The quantitative estimate of drug-likeness (QED) is 0.924. The summed E-state index contributed by atoms with van der Waals surface area (Å²) in [6, 6.07) is 5.82. The predicted octanol–water partition coefficient (Wildman–Crippen LogP) is 3.70. The molecule has 5 heteroatoms. The zero-order valence-corrected chi connectivity index (χ0v) is 13.6. The zero-order valence-electron chi connectivity index (χ0n) is 11.2. The molecule has 1 atom stereocenters. The number of nitrogens with zero attached hydrogens (tertiary/aromatic N) is 2. The minimum atomic E-state index is -0.140. The van der Waals surface area contributed by atoms with Crippen molar-refractivity contribution in [1.82, 2.24) is 9.78 Å². The molecular weight excluding hydrogens is 326 g/mol. The molecule has 0 aliphatic rings. The highest BCUT2D eigenvalue weighted by molar-refractivity contribution is 9.10. The molecule has 2 N–H and O–H groups in total. The maximum absolute atomic E-state index is 6.32. The molecule has 1 unspecified atom stereocenters. The molecule has 1 aromatic carbocycles. The van der Waals surface area contributed by atoms with Gasteiger partial charge in [0.2, 0.25) is 0 Å². The second kappa shape index (κ2) is 5.65. The average molecular weight is 343 g/mol. The average Bonchev–Trinajstić information content (AvgIpc) is 2.59. The van der Waals surface area contributed by atoms with Gasteiger partial charge in [0.25, 0.3) is 0 Å². The number of benzene rings is 1. The highest BCUT2D eigenvalue weighted by atomic mass is 79.9. The van der Waals surface area contributed by atoms with Crippen molar-refractivity contribution in [2.75, 3.05) is 0 Å². The summed E-state index contributed by atoms with van der Waals surface area (Å²) in [6.45, 7) is 3.96. The number of aryl methyl sites for hydroxylation is 3. The first-order valence-electron chi connectivity index (χ1n) is 6.10. The van der Waals surface area contributed by atoms with E-state index < -0.39 is 0 Å². The monoisotopic (exact) mass is 341 g/mol. The molecule has 0 aliphatic heterocycles. The second-order valence-corrected chi connectivity index (χ2v) is 5.93. The molecule has 1 aromatic heterocycles. The van der Waals surface area contributed by atoms with Gasteiger partial charge in [-0.25, -0.2) is 0 Å². The van der Waals surface area contributed by atoms with Gasteiger partial charge < -0.3 is 5.73 Å². The fourth-order valence-corrected chi connectivity index (χ4v) is 2.94. The van der Waals surface area contributed by atoms with E-state index in [2.05, 4.69) is 21.0 Å². The molecule has 0 aliphatic carbocycles. The summed E-state index contributed by atoms with van der Waals surface area (Å²) in [7, 11) is 1.93. The topological polar surface area (TPSA) is 43.8 Å².